The zero-order valence-corrected chi connectivity index (χ0v) is 13.6. The topological polar surface area (TPSA) is 32.7 Å². The third-order valence-electron chi connectivity index (χ3n) is 4.21. The molecule has 1 saturated heterocycles. The van der Waals surface area contributed by atoms with E-state index in [1.165, 1.54) is 12.0 Å². The molecule has 2 atom stereocenters. The predicted octanol–water partition coefficient (Wildman–Crippen LogP) is 2.89. The van der Waals surface area contributed by atoms with Crippen LogP contribution in [-0.2, 0) is 11.2 Å². The van der Waals surface area contributed by atoms with Crippen molar-refractivity contribution in [2.45, 2.75) is 32.8 Å². The van der Waals surface area contributed by atoms with Crippen LogP contribution >= 0.6 is 0 Å². The lowest BCUT2D eigenvalue weighted by molar-refractivity contribution is 0.115. The Balaban J connectivity index is 1.84. The van der Waals surface area contributed by atoms with Gasteiger partial charge in [0, 0.05) is 20.2 Å². The average Bonchev–Trinajstić information content (AvgIpc) is 2.86. The van der Waals surface area contributed by atoms with Gasteiger partial charge < -0.3 is 14.7 Å². The number of hydrogen-bond acceptors (Lipinski definition) is 3. The van der Waals surface area contributed by atoms with Crippen LogP contribution in [0.15, 0.2) is 24.3 Å². The molecule has 1 aromatic rings. The molecule has 0 spiro atoms. The van der Waals surface area contributed by atoms with Crippen LogP contribution < -0.4 is 0 Å². The Morgan fingerprint density at radius 3 is 2.62 bits per heavy atom. The van der Waals surface area contributed by atoms with Crippen LogP contribution in [0.5, 0.6) is 0 Å². The molecule has 0 radical (unpaired) electrons. The highest BCUT2D eigenvalue weighted by molar-refractivity contribution is 5.24. The van der Waals surface area contributed by atoms with Crippen molar-refractivity contribution in [2.24, 2.45) is 11.8 Å². The molecule has 21 heavy (non-hydrogen) atoms. The number of aliphatic hydroxyl groups is 1. The molecule has 118 valence electrons. The van der Waals surface area contributed by atoms with Crippen LogP contribution in [-0.4, -0.2) is 43.4 Å². The Morgan fingerprint density at radius 1 is 1.29 bits per heavy atom. The number of aliphatic hydroxyl groups excluding tert-OH is 1. The van der Waals surface area contributed by atoms with E-state index in [2.05, 4.69) is 43.0 Å². The summed E-state index contributed by atoms with van der Waals surface area (Å²) in [5.74, 6) is 1.29. The molecule has 3 nitrogen and oxygen atoms in total. The molecule has 1 fully saturated rings. The predicted molar refractivity (Wildman–Crippen MR) is 86.4 cm³/mol. The largest absolute Gasteiger partial charge is 0.387 e. The summed E-state index contributed by atoms with van der Waals surface area (Å²) in [6, 6.07) is 8.45. The fourth-order valence-electron chi connectivity index (χ4n) is 3.15. The molecule has 0 saturated carbocycles. The Labute approximate surface area is 128 Å². The molecule has 0 amide bonds. The Hall–Kier alpha value is -0.900. The number of methoxy groups -OCH3 is 1. The van der Waals surface area contributed by atoms with Crippen LogP contribution in [0.1, 0.15) is 37.5 Å². The monoisotopic (exact) mass is 291 g/mol. The quantitative estimate of drug-likeness (QED) is 0.838. The van der Waals surface area contributed by atoms with Gasteiger partial charge >= 0.3 is 0 Å². The van der Waals surface area contributed by atoms with Crippen molar-refractivity contribution in [3.63, 3.8) is 0 Å². The molecule has 3 heteroatoms. The van der Waals surface area contributed by atoms with Crippen LogP contribution in [0.3, 0.4) is 0 Å². The van der Waals surface area contributed by atoms with Gasteiger partial charge in [-0.2, -0.15) is 0 Å². The first-order valence-electron chi connectivity index (χ1n) is 8.06. The molecule has 1 aromatic carbocycles. The summed E-state index contributed by atoms with van der Waals surface area (Å²) in [6.45, 7) is 8.12. The lowest BCUT2D eigenvalue weighted by Crippen LogP contribution is -2.27. The second kappa shape index (κ2) is 7.92. The van der Waals surface area contributed by atoms with E-state index in [1.807, 2.05) is 0 Å². The van der Waals surface area contributed by atoms with E-state index in [0.29, 0.717) is 11.8 Å². The van der Waals surface area contributed by atoms with Gasteiger partial charge in [0.15, 0.2) is 0 Å². The Bertz CT molecular complexity index is 416. The van der Waals surface area contributed by atoms with Crippen molar-refractivity contribution >= 4 is 0 Å². The SMILES string of the molecule is COCC1CCN(CC(O)c2ccc(CC(C)C)cc2)C1. The minimum Gasteiger partial charge on any atom is -0.387 e. The van der Waals surface area contributed by atoms with Crippen LogP contribution in [0.4, 0.5) is 0 Å². The molecule has 1 aliphatic heterocycles. The van der Waals surface area contributed by atoms with E-state index in [0.717, 1.165) is 38.2 Å². The molecule has 2 rings (SSSR count). The molecular weight excluding hydrogens is 262 g/mol. The molecule has 0 aliphatic carbocycles. The average molecular weight is 291 g/mol. The number of β-amino-alcohol motifs (C(OH)–C–C–N with tert-alkyl or cyclic N) is 1. The van der Waals surface area contributed by atoms with Crippen LogP contribution in [0, 0.1) is 11.8 Å². The zero-order valence-electron chi connectivity index (χ0n) is 13.6. The summed E-state index contributed by atoms with van der Waals surface area (Å²) in [5, 5.41) is 10.4. The molecule has 0 aromatic heterocycles. The van der Waals surface area contributed by atoms with E-state index in [-0.39, 0.29) is 6.10 Å². The van der Waals surface area contributed by atoms with Crippen molar-refractivity contribution in [2.75, 3.05) is 33.4 Å². The summed E-state index contributed by atoms with van der Waals surface area (Å²) in [4.78, 5) is 2.34. The van der Waals surface area contributed by atoms with E-state index in [4.69, 9.17) is 4.74 Å². The Morgan fingerprint density at radius 2 is 2.00 bits per heavy atom. The summed E-state index contributed by atoms with van der Waals surface area (Å²) in [7, 11) is 1.76. The molecule has 0 bridgehead atoms. The van der Waals surface area contributed by atoms with Crippen molar-refractivity contribution in [3.05, 3.63) is 35.4 Å². The fraction of sp³-hybridized carbons (Fsp3) is 0.667. The molecular formula is C18H29NO2. The first-order chi connectivity index (χ1) is 10.1. The lowest BCUT2D eigenvalue weighted by Gasteiger charge is -2.20. The van der Waals surface area contributed by atoms with E-state index in [1.54, 1.807) is 7.11 Å². The highest BCUT2D eigenvalue weighted by Crippen LogP contribution is 2.21. The highest BCUT2D eigenvalue weighted by Gasteiger charge is 2.24. The first-order valence-corrected chi connectivity index (χ1v) is 8.06. The van der Waals surface area contributed by atoms with Gasteiger partial charge in [0.1, 0.15) is 0 Å². The van der Waals surface area contributed by atoms with Gasteiger partial charge in [-0.3, -0.25) is 0 Å². The van der Waals surface area contributed by atoms with Gasteiger partial charge in [-0.15, -0.1) is 0 Å². The van der Waals surface area contributed by atoms with Crippen LogP contribution in [0.2, 0.25) is 0 Å². The number of likely N-dealkylation sites (tertiary alicyclic amines) is 1. The minimum absolute atomic E-state index is 0.389. The normalized spacial score (nSPS) is 21.1. The molecule has 1 heterocycles. The first kappa shape index (κ1) is 16.5. The third-order valence-corrected chi connectivity index (χ3v) is 4.21. The Kier molecular flexibility index (Phi) is 6.22. The summed E-state index contributed by atoms with van der Waals surface area (Å²) in [5.41, 5.74) is 2.37. The van der Waals surface area contributed by atoms with Gasteiger partial charge in [0.25, 0.3) is 0 Å². The maximum absolute atomic E-state index is 10.4. The summed E-state index contributed by atoms with van der Waals surface area (Å²) < 4.78 is 5.22. The number of nitrogens with zero attached hydrogens (tertiary/aromatic N) is 1. The van der Waals surface area contributed by atoms with Crippen molar-refractivity contribution in [1.82, 2.24) is 4.90 Å². The minimum atomic E-state index is -0.389. The maximum Gasteiger partial charge on any atom is 0.0916 e. The number of ether oxygens (including phenoxy) is 1. The highest BCUT2D eigenvalue weighted by atomic mass is 16.5. The van der Waals surface area contributed by atoms with Gasteiger partial charge in [0.2, 0.25) is 0 Å². The van der Waals surface area contributed by atoms with Crippen molar-refractivity contribution in [3.8, 4) is 0 Å². The molecule has 2 unspecified atom stereocenters. The van der Waals surface area contributed by atoms with Crippen molar-refractivity contribution in [1.29, 1.82) is 0 Å². The lowest BCUT2D eigenvalue weighted by atomic mass is 10.00. The second-order valence-electron chi connectivity index (χ2n) is 6.72. The second-order valence-corrected chi connectivity index (χ2v) is 6.72. The molecule has 1 aliphatic rings. The number of hydrogen-bond donors (Lipinski definition) is 1. The third kappa shape index (κ3) is 5.10. The molecule has 1 N–H and O–H groups in total. The fourth-order valence-corrected chi connectivity index (χ4v) is 3.15. The number of benzene rings is 1. The zero-order chi connectivity index (χ0) is 15.2. The van der Waals surface area contributed by atoms with Gasteiger partial charge in [-0.1, -0.05) is 38.1 Å². The summed E-state index contributed by atoms with van der Waals surface area (Å²) >= 11 is 0. The van der Waals surface area contributed by atoms with E-state index in [9.17, 15) is 5.11 Å². The van der Waals surface area contributed by atoms with Crippen LogP contribution in [0.25, 0.3) is 0 Å². The van der Waals surface area contributed by atoms with Gasteiger partial charge in [-0.05, 0) is 42.3 Å². The number of rotatable bonds is 7. The standard InChI is InChI=1S/C18H29NO2/c1-14(2)10-15-4-6-17(7-5-15)18(20)12-19-9-8-16(11-19)13-21-3/h4-7,14,16,18,20H,8-13H2,1-3H3. The van der Waals surface area contributed by atoms with Crippen molar-refractivity contribution < 1.29 is 9.84 Å². The van der Waals surface area contributed by atoms with E-state index >= 15 is 0 Å². The van der Waals surface area contributed by atoms with Gasteiger partial charge in [-0.25, -0.2) is 0 Å². The van der Waals surface area contributed by atoms with Gasteiger partial charge in [0.05, 0.1) is 12.7 Å². The summed E-state index contributed by atoms with van der Waals surface area (Å²) in [6.07, 6.45) is 1.88. The smallest absolute Gasteiger partial charge is 0.0916 e. The van der Waals surface area contributed by atoms with E-state index < -0.39 is 0 Å². The maximum atomic E-state index is 10.4.